The van der Waals surface area contributed by atoms with E-state index < -0.39 is 0 Å². The highest BCUT2D eigenvalue weighted by molar-refractivity contribution is 5.58. The molecule has 1 aliphatic heterocycles. The molecule has 2 heteroatoms. The smallest absolute Gasteiger partial charge is 0.0871 e. The molecule has 0 aromatic rings. The van der Waals surface area contributed by atoms with Crippen LogP contribution in [0.4, 0.5) is 0 Å². The van der Waals surface area contributed by atoms with E-state index in [9.17, 15) is 0 Å². The second-order valence-corrected chi connectivity index (χ2v) is 3.57. The quantitative estimate of drug-likeness (QED) is 0.621. The number of hydrogen-bond donors (Lipinski definition) is 1. The summed E-state index contributed by atoms with van der Waals surface area (Å²) in [6.45, 7) is 6.41. The van der Waals surface area contributed by atoms with E-state index in [0.29, 0.717) is 0 Å². The fourth-order valence-corrected chi connectivity index (χ4v) is 1.33. The van der Waals surface area contributed by atoms with Gasteiger partial charge in [-0.25, -0.2) is 0 Å². The standard InChI is InChI=1S/C10H16N2/c1-4-6-10(2,3)9-5-7-11-8-12-9/h4-9H,1-3H3,(H,11,12). The molecule has 0 saturated carbocycles. The second-order valence-electron chi connectivity index (χ2n) is 3.57. The summed E-state index contributed by atoms with van der Waals surface area (Å²) in [6, 6.07) is 0.259. The summed E-state index contributed by atoms with van der Waals surface area (Å²) in [4.78, 5) is 4.35. The highest BCUT2D eigenvalue weighted by atomic mass is 15.0. The first-order chi connectivity index (χ1) is 5.67. The predicted octanol–water partition coefficient (Wildman–Crippen LogP) is 2.10. The predicted molar refractivity (Wildman–Crippen MR) is 53.2 cm³/mol. The van der Waals surface area contributed by atoms with Crippen LogP contribution in [-0.2, 0) is 0 Å². The SMILES string of the molecule is CC=CC(C)(C)C1C=CNC=N1. The van der Waals surface area contributed by atoms with Crippen LogP contribution < -0.4 is 5.32 Å². The van der Waals surface area contributed by atoms with Gasteiger partial charge in [0.1, 0.15) is 0 Å². The van der Waals surface area contributed by atoms with Gasteiger partial charge in [-0.1, -0.05) is 26.0 Å². The molecule has 0 bridgehead atoms. The molecule has 66 valence electrons. The lowest BCUT2D eigenvalue weighted by atomic mass is 9.84. The van der Waals surface area contributed by atoms with E-state index in [1.54, 1.807) is 6.34 Å². The van der Waals surface area contributed by atoms with Crippen molar-refractivity contribution in [2.75, 3.05) is 0 Å². The Hall–Kier alpha value is -1.05. The first-order valence-corrected chi connectivity index (χ1v) is 4.25. The van der Waals surface area contributed by atoms with Gasteiger partial charge in [-0.3, -0.25) is 4.99 Å². The first kappa shape index (κ1) is 9.04. The minimum absolute atomic E-state index is 0.115. The molecule has 0 aromatic heterocycles. The molecule has 0 aromatic carbocycles. The van der Waals surface area contributed by atoms with Crippen LogP contribution in [0.2, 0.25) is 0 Å². The highest BCUT2D eigenvalue weighted by Gasteiger charge is 2.24. The Morgan fingerprint density at radius 1 is 1.50 bits per heavy atom. The zero-order valence-electron chi connectivity index (χ0n) is 7.91. The molecule has 1 unspecified atom stereocenters. The fourth-order valence-electron chi connectivity index (χ4n) is 1.33. The summed E-state index contributed by atoms with van der Waals surface area (Å²) in [5.74, 6) is 0. The fraction of sp³-hybridized carbons (Fsp3) is 0.500. The van der Waals surface area contributed by atoms with Gasteiger partial charge in [0.2, 0.25) is 0 Å². The molecule has 1 rings (SSSR count). The highest BCUT2D eigenvalue weighted by Crippen LogP contribution is 2.26. The van der Waals surface area contributed by atoms with Crippen molar-refractivity contribution in [3.63, 3.8) is 0 Å². The molecule has 0 fully saturated rings. The Morgan fingerprint density at radius 3 is 2.75 bits per heavy atom. The van der Waals surface area contributed by atoms with Crippen molar-refractivity contribution in [1.82, 2.24) is 5.32 Å². The van der Waals surface area contributed by atoms with Crippen LogP contribution in [-0.4, -0.2) is 12.4 Å². The third-order valence-corrected chi connectivity index (χ3v) is 2.04. The Balaban J connectivity index is 2.73. The van der Waals surface area contributed by atoms with Crippen LogP contribution in [0.25, 0.3) is 0 Å². The lowest BCUT2D eigenvalue weighted by molar-refractivity contribution is 0.423. The van der Waals surface area contributed by atoms with Gasteiger partial charge in [0, 0.05) is 11.6 Å². The van der Waals surface area contributed by atoms with Crippen molar-refractivity contribution in [1.29, 1.82) is 0 Å². The third-order valence-electron chi connectivity index (χ3n) is 2.04. The molecular weight excluding hydrogens is 148 g/mol. The molecule has 12 heavy (non-hydrogen) atoms. The molecule has 1 atom stereocenters. The summed E-state index contributed by atoms with van der Waals surface area (Å²) in [6.07, 6.45) is 10.0. The molecule has 0 amide bonds. The lowest BCUT2D eigenvalue weighted by Gasteiger charge is -2.27. The van der Waals surface area contributed by atoms with E-state index in [4.69, 9.17) is 0 Å². The molecule has 0 aliphatic carbocycles. The van der Waals surface area contributed by atoms with E-state index in [2.05, 4.69) is 42.4 Å². The van der Waals surface area contributed by atoms with E-state index in [1.807, 2.05) is 13.1 Å². The van der Waals surface area contributed by atoms with Crippen LogP contribution in [0.5, 0.6) is 0 Å². The van der Waals surface area contributed by atoms with Crippen molar-refractivity contribution >= 4 is 6.34 Å². The summed E-state index contributed by atoms with van der Waals surface area (Å²) in [7, 11) is 0. The van der Waals surface area contributed by atoms with Gasteiger partial charge in [-0.05, 0) is 13.0 Å². The normalized spacial score (nSPS) is 23.1. The third kappa shape index (κ3) is 1.97. The largest absolute Gasteiger partial charge is 0.353 e. The Morgan fingerprint density at radius 2 is 2.25 bits per heavy atom. The van der Waals surface area contributed by atoms with Gasteiger partial charge < -0.3 is 5.32 Å². The van der Waals surface area contributed by atoms with Crippen molar-refractivity contribution in [2.45, 2.75) is 26.8 Å². The van der Waals surface area contributed by atoms with E-state index in [0.717, 1.165) is 0 Å². The van der Waals surface area contributed by atoms with Gasteiger partial charge >= 0.3 is 0 Å². The maximum Gasteiger partial charge on any atom is 0.0871 e. The average molecular weight is 164 g/mol. The topological polar surface area (TPSA) is 24.4 Å². The Labute approximate surface area is 74.1 Å². The van der Waals surface area contributed by atoms with Crippen LogP contribution in [0.3, 0.4) is 0 Å². The van der Waals surface area contributed by atoms with Gasteiger partial charge in [0.05, 0.1) is 12.4 Å². The van der Waals surface area contributed by atoms with Gasteiger partial charge in [0.25, 0.3) is 0 Å². The summed E-state index contributed by atoms with van der Waals surface area (Å²) in [5.41, 5.74) is 0.115. The summed E-state index contributed by atoms with van der Waals surface area (Å²) in [5, 5.41) is 2.93. The van der Waals surface area contributed by atoms with Crippen LogP contribution in [0.1, 0.15) is 20.8 Å². The molecular formula is C10H16N2. The molecule has 0 saturated heterocycles. The minimum atomic E-state index is 0.115. The van der Waals surface area contributed by atoms with Gasteiger partial charge in [0.15, 0.2) is 0 Å². The van der Waals surface area contributed by atoms with E-state index in [-0.39, 0.29) is 11.5 Å². The van der Waals surface area contributed by atoms with Gasteiger partial charge in [-0.2, -0.15) is 0 Å². The number of nitrogens with zero attached hydrogens (tertiary/aromatic N) is 1. The molecule has 0 spiro atoms. The minimum Gasteiger partial charge on any atom is -0.353 e. The van der Waals surface area contributed by atoms with Crippen LogP contribution in [0, 0.1) is 5.41 Å². The maximum absolute atomic E-state index is 4.35. The average Bonchev–Trinajstić information content (AvgIpc) is 2.06. The van der Waals surface area contributed by atoms with Crippen LogP contribution >= 0.6 is 0 Å². The number of hydrogen-bond acceptors (Lipinski definition) is 2. The molecule has 0 radical (unpaired) electrons. The number of aliphatic imine (C=N–C) groups is 1. The Bertz CT molecular complexity index is 212. The Kier molecular flexibility index (Phi) is 2.69. The molecule has 1 aliphatic rings. The van der Waals surface area contributed by atoms with Crippen molar-refractivity contribution in [2.24, 2.45) is 10.4 Å². The molecule has 2 nitrogen and oxygen atoms in total. The number of allylic oxidation sites excluding steroid dienone is 1. The summed E-state index contributed by atoms with van der Waals surface area (Å²) < 4.78 is 0. The van der Waals surface area contributed by atoms with E-state index >= 15 is 0 Å². The van der Waals surface area contributed by atoms with Gasteiger partial charge in [-0.15, -0.1) is 0 Å². The number of nitrogens with one attached hydrogen (secondary N) is 1. The molecule has 1 N–H and O–H groups in total. The molecule has 1 heterocycles. The first-order valence-electron chi connectivity index (χ1n) is 4.25. The zero-order valence-corrected chi connectivity index (χ0v) is 7.91. The number of rotatable bonds is 2. The summed E-state index contributed by atoms with van der Waals surface area (Å²) >= 11 is 0. The zero-order chi connectivity index (χ0) is 9.03. The van der Waals surface area contributed by atoms with Crippen molar-refractivity contribution < 1.29 is 0 Å². The lowest BCUT2D eigenvalue weighted by Crippen LogP contribution is -2.27. The monoisotopic (exact) mass is 164 g/mol. The van der Waals surface area contributed by atoms with Crippen molar-refractivity contribution in [3.8, 4) is 0 Å². The van der Waals surface area contributed by atoms with Crippen LogP contribution in [0.15, 0.2) is 29.4 Å². The second kappa shape index (κ2) is 3.57. The van der Waals surface area contributed by atoms with Crippen molar-refractivity contribution in [3.05, 3.63) is 24.4 Å². The maximum atomic E-state index is 4.35. The van der Waals surface area contributed by atoms with E-state index in [1.165, 1.54) is 0 Å².